The highest BCUT2D eigenvalue weighted by molar-refractivity contribution is 5.44. The number of rotatable bonds is 5. The molecule has 1 saturated heterocycles. The van der Waals surface area contributed by atoms with Crippen molar-refractivity contribution in [1.29, 1.82) is 0 Å². The first-order chi connectivity index (χ1) is 9.30. The Balaban J connectivity index is 2.22. The van der Waals surface area contributed by atoms with Gasteiger partial charge in [-0.05, 0) is 24.7 Å². The Morgan fingerprint density at radius 3 is 2.68 bits per heavy atom. The first-order valence-electron chi connectivity index (χ1n) is 6.50. The molecular weight excluding hydrogens is 244 g/mol. The van der Waals surface area contributed by atoms with E-state index >= 15 is 0 Å². The van der Waals surface area contributed by atoms with Crippen molar-refractivity contribution < 1.29 is 14.2 Å². The van der Waals surface area contributed by atoms with Crippen LogP contribution in [0.15, 0.2) is 18.2 Å². The lowest BCUT2D eigenvalue weighted by Crippen LogP contribution is -2.48. The maximum Gasteiger partial charge on any atom is 0.161 e. The number of ether oxygens (including phenoxy) is 3. The number of methoxy groups -OCH3 is 2. The van der Waals surface area contributed by atoms with Gasteiger partial charge in [0.25, 0.3) is 0 Å². The molecule has 1 aromatic rings. The van der Waals surface area contributed by atoms with Gasteiger partial charge in [-0.15, -0.1) is 0 Å². The van der Waals surface area contributed by atoms with Crippen molar-refractivity contribution in [2.45, 2.75) is 12.1 Å². The molecule has 0 radical (unpaired) electrons. The fourth-order valence-corrected chi connectivity index (χ4v) is 2.45. The van der Waals surface area contributed by atoms with E-state index in [2.05, 4.69) is 16.7 Å². The lowest BCUT2D eigenvalue weighted by Gasteiger charge is -2.31. The monoisotopic (exact) mass is 266 g/mol. The van der Waals surface area contributed by atoms with E-state index in [-0.39, 0.29) is 12.1 Å². The summed E-state index contributed by atoms with van der Waals surface area (Å²) in [6.07, 6.45) is 0. The highest BCUT2D eigenvalue weighted by Gasteiger charge is 2.24. The van der Waals surface area contributed by atoms with Crippen LogP contribution in [0.2, 0.25) is 0 Å². The van der Waals surface area contributed by atoms with Crippen molar-refractivity contribution >= 4 is 0 Å². The molecule has 0 bridgehead atoms. The second kappa shape index (κ2) is 6.75. The zero-order chi connectivity index (χ0) is 13.7. The van der Waals surface area contributed by atoms with Crippen LogP contribution in [0.1, 0.15) is 11.6 Å². The Morgan fingerprint density at radius 1 is 1.32 bits per heavy atom. The Kier molecular flexibility index (Phi) is 5.01. The topological polar surface area (TPSA) is 51.8 Å². The van der Waals surface area contributed by atoms with E-state index in [1.807, 2.05) is 19.2 Å². The molecule has 1 heterocycles. The van der Waals surface area contributed by atoms with Crippen molar-refractivity contribution in [3.05, 3.63) is 23.8 Å². The van der Waals surface area contributed by atoms with Crippen LogP contribution < -0.4 is 20.1 Å². The summed E-state index contributed by atoms with van der Waals surface area (Å²) in [4.78, 5) is 0. The zero-order valence-corrected chi connectivity index (χ0v) is 11.7. The Hall–Kier alpha value is -1.30. The van der Waals surface area contributed by atoms with E-state index in [1.165, 1.54) is 0 Å². The second-order valence-corrected chi connectivity index (χ2v) is 4.52. The number of benzene rings is 1. The highest BCUT2D eigenvalue weighted by Crippen LogP contribution is 2.31. The van der Waals surface area contributed by atoms with Gasteiger partial charge in [-0.2, -0.15) is 0 Å². The summed E-state index contributed by atoms with van der Waals surface area (Å²) in [6, 6.07) is 6.44. The van der Waals surface area contributed by atoms with Crippen molar-refractivity contribution in [2.24, 2.45) is 0 Å². The van der Waals surface area contributed by atoms with Crippen molar-refractivity contribution in [1.82, 2.24) is 10.6 Å². The molecule has 5 heteroatoms. The standard InChI is InChI=1S/C14H22N2O3/c1-15-14(11-9-19-7-6-16-11)10-4-5-12(17-2)13(8-10)18-3/h4-5,8,11,14-16H,6-7,9H2,1-3H3. The van der Waals surface area contributed by atoms with Gasteiger partial charge in [-0.25, -0.2) is 0 Å². The summed E-state index contributed by atoms with van der Waals surface area (Å²) in [5.41, 5.74) is 1.16. The van der Waals surface area contributed by atoms with E-state index in [4.69, 9.17) is 14.2 Å². The normalized spacial score (nSPS) is 20.9. The van der Waals surface area contributed by atoms with Crippen LogP contribution in [-0.2, 0) is 4.74 Å². The molecule has 1 aliphatic heterocycles. The molecule has 1 fully saturated rings. The van der Waals surface area contributed by atoms with E-state index < -0.39 is 0 Å². The molecule has 2 atom stereocenters. The minimum atomic E-state index is 0.181. The summed E-state index contributed by atoms with van der Waals surface area (Å²) in [5.74, 6) is 1.49. The molecule has 5 nitrogen and oxygen atoms in total. The summed E-state index contributed by atoms with van der Waals surface area (Å²) in [7, 11) is 5.25. The maximum atomic E-state index is 5.53. The third-order valence-electron chi connectivity index (χ3n) is 3.43. The summed E-state index contributed by atoms with van der Waals surface area (Å²) < 4.78 is 16.1. The van der Waals surface area contributed by atoms with Gasteiger partial charge in [0.05, 0.1) is 33.5 Å². The Morgan fingerprint density at radius 2 is 2.11 bits per heavy atom. The van der Waals surface area contributed by atoms with E-state index in [0.717, 1.165) is 30.2 Å². The zero-order valence-electron chi connectivity index (χ0n) is 11.7. The molecule has 0 aliphatic carbocycles. The highest BCUT2D eigenvalue weighted by atomic mass is 16.5. The number of hydrogen-bond donors (Lipinski definition) is 2. The third kappa shape index (κ3) is 3.18. The first kappa shape index (κ1) is 14.1. The van der Waals surface area contributed by atoms with Crippen LogP contribution in [0.3, 0.4) is 0 Å². The van der Waals surface area contributed by atoms with Crippen LogP contribution in [0.25, 0.3) is 0 Å². The SMILES string of the molecule is CNC(c1ccc(OC)c(OC)c1)C1COCCN1. The van der Waals surface area contributed by atoms with Gasteiger partial charge in [0.1, 0.15) is 0 Å². The van der Waals surface area contributed by atoms with Crippen LogP contribution in [-0.4, -0.2) is 47.1 Å². The number of morpholine rings is 1. The lowest BCUT2D eigenvalue weighted by atomic mass is 9.98. The van der Waals surface area contributed by atoms with Gasteiger partial charge < -0.3 is 24.8 Å². The predicted molar refractivity (Wildman–Crippen MR) is 74.0 cm³/mol. The van der Waals surface area contributed by atoms with E-state index in [0.29, 0.717) is 6.61 Å². The van der Waals surface area contributed by atoms with Crippen LogP contribution in [0, 0.1) is 0 Å². The van der Waals surface area contributed by atoms with Gasteiger partial charge in [0.2, 0.25) is 0 Å². The average molecular weight is 266 g/mol. The minimum Gasteiger partial charge on any atom is -0.493 e. The molecule has 0 aromatic heterocycles. The smallest absolute Gasteiger partial charge is 0.161 e. The molecule has 19 heavy (non-hydrogen) atoms. The number of nitrogens with one attached hydrogen (secondary N) is 2. The molecule has 2 N–H and O–H groups in total. The van der Waals surface area contributed by atoms with Gasteiger partial charge >= 0.3 is 0 Å². The molecule has 0 spiro atoms. The number of hydrogen-bond acceptors (Lipinski definition) is 5. The quantitative estimate of drug-likeness (QED) is 0.831. The average Bonchev–Trinajstić information content (AvgIpc) is 2.49. The summed E-state index contributed by atoms with van der Waals surface area (Å²) in [5, 5.41) is 6.81. The van der Waals surface area contributed by atoms with Gasteiger partial charge in [0.15, 0.2) is 11.5 Å². The van der Waals surface area contributed by atoms with Gasteiger partial charge in [-0.1, -0.05) is 6.07 Å². The predicted octanol–water partition coefficient (Wildman–Crippen LogP) is 0.953. The van der Waals surface area contributed by atoms with Crippen LogP contribution >= 0.6 is 0 Å². The molecule has 1 aromatic carbocycles. The van der Waals surface area contributed by atoms with Crippen molar-refractivity contribution in [3.63, 3.8) is 0 Å². The van der Waals surface area contributed by atoms with E-state index in [1.54, 1.807) is 14.2 Å². The summed E-state index contributed by atoms with van der Waals surface area (Å²) in [6.45, 7) is 2.37. The van der Waals surface area contributed by atoms with Crippen molar-refractivity contribution in [2.75, 3.05) is 41.0 Å². The van der Waals surface area contributed by atoms with Crippen molar-refractivity contribution in [3.8, 4) is 11.5 Å². The van der Waals surface area contributed by atoms with Crippen LogP contribution in [0.5, 0.6) is 11.5 Å². The van der Waals surface area contributed by atoms with Gasteiger partial charge in [0, 0.05) is 12.6 Å². The molecular formula is C14H22N2O3. The third-order valence-corrected chi connectivity index (χ3v) is 3.43. The molecule has 0 amide bonds. The molecule has 1 aliphatic rings. The second-order valence-electron chi connectivity index (χ2n) is 4.52. The molecule has 106 valence electrons. The maximum absolute atomic E-state index is 5.53. The lowest BCUT2D eigenvalue weighted by molar-refractivity contribution is 0.0645. The minimum absolute atomic E-state index is 0.181. The molecule has 2 rings (SSSR count). The van der Waals surface area contributed by atoms with Gasteiger partial charge in [-0.3, -0.25) is 0 Å². The fourth-order valence-electron chi connectivity index (χ4n) is 2.45. The van der Waals surface area contributed by atoms with Crippen LogP contribution in [0.4, 0.5) is 0 Å². The number of likely N-dealkylation sites (N-methyl/N-ethyl adjacent to an activating group) is 1. The Bertz CT molecular complexity index is 406. The first-order valence-corrected chi connectivity index (χ1v) is 6.50. The van der Waals surface area contributed by atoms with E-state index in [9.17, 15) is 0 Å². The summed E-state index contributed by atoms with van der Waals surface area (Å²) >= 11 is 0. The molecule has 0 saturated carbocycles. The largest absolute Gasteiger partial charge is 0.493 e. The fraction of sp³-hybridized carbons (Fsp3) is 0.571. The molecule has 2 unspecified atom stereocenters. The Labute approximate surface area is 114 Å².